The Bertz CT molecular complexity index is 701. The Hall–Kier alpha value is -1.44. The van der Waals surface area contributed by atoms with Crippen molar-refractivity contribution in [3.63, 3.8) is 0 Å². The fourth-order valence-electron chi connectivity index (χ4n) is 1.37. The Morgan fingerprint density at radius 3 is 2.16 bits per heavy atom. The van der Waals surface area contributed by atoms with Crippen LogP contribution < -0.4 is 9.88 Å². The van der Waals surface area contributed by atoms with E-state index in [4.69, 9.17) is 9.88 Å². The third-order valence-corrected chi connectivity index (χ3v) is 3.85. The zero-order valence-corrected chi connectivity index (χ0v) is 11.9. The predicted octanol–water partition coefficient (Wildman–Crippen LogP) is 3.03. The molecular weight excluding hydrogens is 337 g/mol. The normalized spacial score (nSPS) is 11.3. The molecule has 0 unspecified atom stereocenters. The van der Waals surface area contributed by atoms with Crippen molar-refractivity contribution in [2.24, 2.45) is 5.14 Å². The van der Waals surface area contributed by atoms with Crippen LogP contribution in [0.3, 0.4) is 0 Å². The number of benzene rings is 2. The van der Waals surface area contributed by atoms with Crippen molar-refractivity contribution in [2.45, 2.75) is 4.90 Å². The van der Waals surface area contributed by atoms with Gasteiger partial charge in [0.05, 0.1) is 9.37 Å². The minimum Gasteiger partial charge on any atom is -0.457 e. The van der Waals surface area contributed by atoms with Gasteiger partial charge in [-0.15, -0.1) is 0 Å². The minimum atomic E-state index is -3.73. The monoisotopic (exact) mass is 345 g/mol. The summed E-state index contributed by atoms with van der Waals surface area (Å²) >= 11 is 3.04. The fourth-order valence-corrected chi connectivity index (χ4v) is 2.14. The first-order valence-corrected chi connectivity index (χ1v) is 7.46. The van der Waals surface area contributed by atoms with Gasteiger partial charge in [0.2, 0.25) is 10.0 Å². The molecule has 0 heterocycles. The van der Waals surface area contributed by atoms with E-state index in [1.165, 1.54) is 36.4 Å². The summed E-state index contributed by atoms with van der Waals surface area (Å²) in [4.78, 5) is -0.0122. The van der Waals surface area contributed by atoms with Gasteiger partial charge in [-0.25, -0.2) is 17.9 Å². The summed E-state index contributed by atoms with van der Waals surface area (Å²) in [6.07, 6.45) is 0. The second kappa shape index (κ2) is 5.28. The molecule has 0 aliphatic heterocycles. The second-order valence-electron chi connectivity index (χ2n) is 3.69. The summed E-state index contributed by atoms with van der Waals surface area (Å²) in [5.41, 5.74) is 0. The summed E-state index contributed by atoms with van der Waals surface area (Å²) in [5, 5.41) is 4.97. The maximum atomic E-state index is 13.3. The Labute approximate surface area is 118 Å². The minimum absolute atomic E-state index is 0.0122. The highest BCUT2D eigenvalue weighted by Crippen LogP contribution is 2.26. The third kappa shape index (κ3) is 3.52. The van der Waals surface area contributed by atoms with E-state index in [-0.39, 0.29) is 4.90 Å². The number of primary sulfonamides is 1. The molecule has 0 saturated heterocycles. The SMILES string of the molecule is NS(=O)(=O)c1ccc(Oc2ccc(Br)c(F)c2)cc1. The van der Waals surface area contributed by atoms with E-state index in [0.717, 1.165) is 0 Å². The van der Waals surface area contributed by atoms with E-state index >= 15 is 0 Å². The molecular formula is C12H9BrFNO3S. The van der Waals surface area contributed by atoms with Crippen LogP contribution >= 0.6 is 15.9 Å². The number of nitrogens with two attached hydrogens (primary N) is 1. The largest absolute Gasteiger partial charge is 0.457 e. The van der Waals surface area contributed by atoms with Gasteiger partial charge in [-0.2, -0.15) is 0 Å². The van der Waals surface area contributed by atoms with E-state index in [2.05, 4.69) is 15.9 Å². The van der Waals surface area contributed by atoms with Crippen LogP contribution in [0.1, 0.15) is 0 Å². The molecule has 0 saturated carbocycles. The van der Waals surface area contributed by atoms with Crippen molar-refractivity contribution in [2.75, 3.05) is 0 Å². The number of rotatable bonds is 3. The molecule has 0 radical (unpaired) electrons. The lowest BCUT2D eigenvalue weighted by molar-refractivity contribution is 0.475. The van der Waals surface area contributed by atoms with E-state index < -0.39 is 15.8 Å². The molecule has 0 aliphatic rings. The van der Waals surface area contributed by atoms with Crippen molar-refractivity contribution in [3.05, 3.63) is 52.8 Å². The van der Waals surface area contributed by atoms with Gasteiger partial charge in [0.15, 0.2) is 0 Å². The summed E-state index contributed by atoms with van der Waals surface area (Å²) in [6, 6.07) is 9.85. The molecule has 0 aliphatic carbocycles. The van der Waals surface area contributed by atoms with Crippen LogP contribution in [0.2, 0.25) is 0 Å². The lowest BCUT2D eigenvalue weighted by Gasteiger charge is -2.06. The molecule has 4 nitrogen and oxygen atoms in total. The van der Waals surface area contributed by atoms with E-state index in [9.17, 15) is 12.8 Å². The topological polar surface area (TPSA) is 69.4 Å². The van der Waals surface area contributed by atoms with Crippen LogP contribution in [-0.4, -0.2) is 8.42 Å². The fraction of sp³-hybridized carbons (Fsp3) is 0. The first-order chi connectivity index (χ1) is 8.86. The third-order valence-electron chi connectivity index (χ3n) is 2.28. The van der Waals surface area contributed by atoms with Crippen LogP contribution in [-0.2, 0) is 10.0 Å². The van der Waals surface area contributed by atoms with Crippen LogP contribution in [0, 0.1) is 5.82 Å². The predicted molar refractivity (Wildman–Crippen MR) is 72.0 cm³/mol. The number of halogens is 2. The Morgan fingerprint density at radius 2 is 1.63 bits per heavy atom. The van der Waals surface area contributed by atoms with Gasteiger partial charge in [-0.3, -0.25) is 0 Å². The van der Waals surface area contributed by atoms with Gasteiger partial charge >= 0.3 is 0 Å². The van der Waals surface area contributed by atoms with Crippen LogP contribution in [0.25, 0.3) is 0 Å². The molecule has 0 atom stereocenters. The maximum absolute atomic E-state index is 13.3. The van der Waals surface area contributed by atoms with Crippen molar-refractivity contribution in [3.8, 4) is 11.5 Å². The Kier molecular flexibility index (Phi) is 3.88. The summed E-state index contributed by atoms with van der Waals surface area (Å²) < 4.78 is 41.1. The highest BCUT2D eigenvalue weighted by Gasteiger charge is 2.08. The molecule has 0 bridgehead atoms. The average Bonchev–Trinajstić information content (AvgIpc) is 2.33. The first kappa shape index (κ1) is 14.0. The number of ether oxygens (including phenoxy) is 1. The summed E-state index contributed by atoms with van der Waals surface area (Å²) in [5.74, 6) is 0.247. The van der Waals surface area contributed by atoms with E-state index in [1.807, 2.05) is 0 Å². The zero-order valence-electron chi connectivity index (χ0n) is 9.51. The zero-order chi connectivity index (χ0) is 14.0. The quantitative estimate of drug-likeness (QED) is 0.929. The number of hydrogen-bond acceptors (Lipinski definition) is 3. The summed E-state index contributed by atoms with van der Waals surface area (Å²) in [7, 11) is -3.73. The van der Waals surface area contributed by atoms with Crippen LogP contribution in [0.15, 0.2) is 51.8 Å². The molecule has 2 aromatic rings. The van der Waals surface area contributed by atoms with Gasteiger partial charge in [-0.1, -0.05) is 0 Å². The summed E-state index contributed by atoms with van der Waals surface area (Å²) in [6.45, 7) is 0. The van der Waals surface area contributed by atoms with Gasteiger partial charge in [0, 0.05) is 6.07 Å². The molecule has 2 N–H and O–H groups in total. The van der Waals surface area contributed by atoms with Gasteiger partial charge in [-0.05, 0) is 52.3 Å². The van der Waals surface area contributed by atoms with Crippen molar-refractivity contribution >= 4 is 26.0 Å². The van der Waals surface area contributed by atoms with E-state index in [0.29, 0.717) is 16.0 Å². The lowest BCUT2D eigenvalue weighted by atomic mass is 10.3. The molecule has 100 valence electrons. The van der Waals surface area contributed by atoms with Crippen molar-refractivity contribution < 1.29 is 17.5 Å². The number of sulfonamides is 1. The Morgan fingerprint density at radius 1 is 1.05 bits per heavy atom. The molecule has 0 amide bonds. The molecule has 19 heavy (non-hydrogen) atoms. The second-order valence-corrected chi connectivity index (χ2v) is 6.11. The highest BCUT2D eigenvalue weighted by atomic mass is 79.9. The van der Waals surface area contributed by atoms with Crippen LogP contribution in [0.5, 0.6) is 11.5 Å². The molecule has 0 spiro atoms. The molecule has 0 fully saturated rings. The molecule has 0 aromatic heterocycles. The molecule has 2 rings (SSSR count). The Balaban J connectivity index is 2.22. The van der Waals surface area contributed by atoms with Crippen molar-refractivity contribution in [1.29, 1.82) is 0 Å². The van der Waals surface area contributed by atoms with Crippen LogP contribution in [0.4, 0.5) is 4.39 Å². The maximum Gasteiger partial charge on any atom is 0.238 e. The molecule has 2 aromatic carbocycles. The first-order valence-electron chi connectivity index (χ1n) is 5.12. The van der Waals surface area contributed by atoms with Crippen molar-refractivity contribution in [1.82, 2.24) is 0 Å². The highest BCUT2D eigenvalue weighted by molar-refractivity contribution is 9.10. The lowest BCUT2D eigenvalue weighted by Crippen LogP contribution is -2.11. The molecule has 7 heteroatoms. The van der Waals surface area contributed by atoms with Gasteiger partial charge in [0.25, 0.3) is 0 Å². The smallest absolute Gasteiger partial charge is 0.238 e. The van der Waals surface area contributed by atoms with E-state index in [1.54, 1.807) is 6.07 Å². The average molecular weight is 346 g/mol. The standard InChI is InChI=1S/C12H9BrFNO3S/c13-11-6-3-9(7-12(11)14)18-8-1-4-10(5-2-8)19(15,16)17/h1-7H,(H2,15,16,17). The van der Waals surface area contributed by atoms with Gasteiger partial charge in [0.1, 0.15) is 17.3 Å². The number of hydrogen-bond donors (Lipinski definition) is 1. The van der Waals surface area contributed by atoms with Gasteiger partial charge < -0.3 is 4.74 Å².